The summed E-state index contributed by atoms with van der Waals surface area (Å²) in [6, 6.07) is 23.4. The molecule has 0 aliphatic heterocycles. The summed E-state index contributed by atoms with van der Waals surface area (Å²) in [5, 5.41) is 6.23. The number of hydrogen-bond acceptors (Lipinski definition) is 4. The topological polar surface area (TPSA) is 59.6 Å². The van der Waals surface area contributed by atoms with E-state index in [1.54, 1.807) is 7.11 Å². The van der Waals surface area contributed by atoms with Gasteiger partial charge in [-0.1, -0.05) is 42.0 Å². The molecule has 0 heterocycles. The molecule has 0 saturated heterocycles. The lowest BCUT2D eigenvalue weighted by Crippen LogP contribution is -2.20. The molecule has 3 aromatic carbocycles. The highest BCUT2D eigenvalue weighted by Gasteiger charge is 2.04. The van der Waals surface area contributed by atoms with Crippen LogP contribution in [0.2, 0.25) is 0 Å². The number of anilines is 1. The van der Waals surface area contributed by atoms with Gasteiger partial charge in [0.05, 0.1) is 7.11 Å². The van der Waals surface area contributed by atoms with E-state index in [4.69, 9.17) is 9.47 Å². The van der Waals surface area contributed by atoms with Crippen molar-refractivity contribution in [2.24, 2.45) is 0 Å². The molecule has 3 aromatic rings. The molecule has 0 radical (unpaired) electrons. The second-order valence-electron chi connectivity index (χ2n) is 6.80. The number of rotatable bonds is 9. The summed E-state index contributed by atoms with van der Waals surface area (Å²) in [4.78, 5) is 12.0. The number of nitrogens with one attached hydrogen (secondary N) is 2. The molecule has 0 spiro atoms. The molecule has 0 fully saturated rings. The van der Waals surface area contributed by atoms with Crippen molar-refractivity contribution in [3.63, 3.8) is 0 Å². The van der Waals surface area contributed by atoms with Crippen LogP contribution in [-0.2, 0) is 17.9 Å². The van der Waals surface area contributed by atoms with Crippen LogP contribution in [-0.4, -0.2) is 19.6 Å². The normalized spacial score (nSPS) is 10.4. The Hall–Kier alpha value is -3.31. The SMILES string of the molecule is COc1ccc(CNCc2ccc(OCC(=O)Nc3ccc(C)cc3)cc2)cc1. The lowest BCUT2D eigenvalue weighted by atomic mass is 10.2. The van der Waals surface area contributed by atoms with Gasteiger partial charge in [0.2, 0.25) is 0 Å². The molecule has 150 valence electrons. The summed E-state index contributed by atoms with van der Waals surface area (Å²) < 4.78 is 10.7. The molecule has 3 rings (SSSR count). The molecule has 5 heteroatoms. The maximum atomic E-state index is 12.0. The summed E-state index contributed by atoms with van der Waals surface area (Å²) in [5.41, 5.74) is 4.26. The average molecular weight is 390 g/mol. The lowest BCUT2D eigenvalue weighted by Gasteiger charge is -2.09. The van der Waals surface area contributed by atoms with Crippen molar-refractivity contribution in [3.8, 4) is 11.5 Å². The Morgan fingerprint density at radius 2 is 1.34 bits per heavy atom. The van der Waals surface area contributed by atoms with Crippen LogP contribution in [0.5, 0.6) is 11.5 Å². The van der Waals surface area contributed by atoms with E-state index in [0.29, 0.717) is 5.75 Å². The van der Waals surface area contributed by atoms with Crippen LogP contribution in [0.3, 0.4) is 0 Å². The number of aryl methyl sites for hydroxylation is 1. The number of amides is 1. The minimum atomic E-state index is -0.181. The maximum absolute atomic E-state index is 12.0. The van der Waals surface area contributed by atoms with Crippen molar-refractivity contribution in [2.45, 2.75) is 20.0 Å². The molecule has 0 aromatic heterocycles. The first-order valence-electron chi connectivity index (χ1n) is 9.54. The fraction of sp³-hybridized carbons (Fsp3) is 0.208. The largest absolute Gasteiger partial charge is 0.497 e. The number of carbonyl (C=O) groups is 1. The van der Waals surface area contributed by atoms with E-state index in [1.807, 2.05) is 79.7 Å². The second-order valence-corrected chi connectivity index (χ2v) is 6.80. The Morgan fingerprint density at radius 3 is 1.90 bits per heavy atom. The minimum Gasteiger partial charge on any atom is -0.497 e. The molecule has 2 N–H and O–H groups in total. The number of benzene rings is 3. The van der Waals surface area contributed by atoms with Gasteiger partial charge in [-0.2, -0.15) is 0 Å². The molecular formula is C24H26N2O3. The molecule has 0 unspecified atom stereocenters. The zero-order chi connectivity index (χ0) is 20.5. The quantitative estimate of drug-likeness (QED) is 0.572. The van der Waals surface area contributed by atoms with Crippen LogP contribution in [0.4, 0.5) is 5.69 Å². The Bertz CT molecular complexity index is 904. The third-order valence-corrected chi connectivity index (χ3v) is 4.45. The predicted octanol–water partition coefficient (Wildman–Crippen LogP) is 4.31. The molecule has 0 bridgehead atoms. The van der Waals surface area contributed by atoms with E-state index in [-0.39, 0.29) is 12.5 Å². The molecule has 0 aliphatic rings. The Labute approximate surface area is 171 Å². The minimum absolute atomic E-state index is 0.0249. The van der Waals surface area contributed by atoms with Gasteiger partial charge in [0, 0.05) is 18.8 Å². The van der Waals surface area contributed by atoms with E-state index >= 15 is 0 Å². The highest BCUT2D eigenvalue weighted by molar-refractivity contribution is 5.91. The fourth-order valence-electron chi connectivity index (χ4n) is 2.78. The van der Waals surface area contributed by atoms with Crippen molar-refractivity contribution in [3.05, 3.63) is 89.5 Å². The van der Waals surface area contributed by atoms with Gasteiger partial charge >= 0.3 is 0 Å². The summed E-state index contributed by atoms with van der Waals surface area (Å²) in [6.07, 6.45) is 0. The van der Waals surface area contributed by atoms with E-state index < -0.39 is 0 Å². The first kappa shape index (κ1) is 20.4. The van der Waals surface area contributed by atoms with E-state index in [9.17, 15) is 4.79 Å². The number of hydrogen-bond donors (Lipinski definition) is 2. The first-order valence-corrected chi connectivity index (χ1v) is 9.54. The third kappa shape index (κ3) is 6.66. The summed E-state index contributed by atoms with van der Waals surface area (Å²) in [6.45, 7) is 3.51. The summed E-state index contributed by atoms with van der Waals surface area (Å²) in [5.74, 6) is 1.35. The Balaban J connectivity index is 1.39. The first-order chi connectivity index (χ1) is 14.1. The van der Waals surface area contributed by atoms with Gasteiger partial charge in [-0.25, -0.2) is 0 Å². The second kappa shape index (κ2) is 10.3. The van der Waals surface area contributed by atoms with E-state index in [1.165, 1.54) is 5.56 Å². The van der Waals surface area contributed by atoms with Crippen LogP contribution >= 0.6 is 0 Å². The maximum Gasteiger partial charge on any atom is 0.262 e. The van der Waals surface area contributed by atoms with Gasteiger partial charge in [-0.3, -0.25) is 4.79 Å². The Morgan fingerprint density at radius 1 is 0.793 bits per heavy atom. The van der Waals surface area contributed by atoms with Crippen molar-refractivity contribution >= 4 is 11.6 Å². The van der Waals surface area contributed by atoms with Crippen molar-refractivity contribution in [2.75, 3.05) is 19.0 Å². The van der Waals surface area contributed by atoms with Crippen LogP contribution < -0.4 is 20.1 Å². The highest BCUT2D eigenvalue weighted by atomic mass is 16.5. The molecule has 1 amide bonds. The molecule has 0 aliphatic carbocycles. The lowest BCUT2D eigenvalue weighted by molar-refractivity contribution is -0.118. The molecule has 0 atom stereocenters. The van der Waals surface area contributed by atoms with E-state index in [2.05, 4.69) is 10.6 Å². The monoisotopic (exact) mass is 390 g/mol. The van der Waals surface area contributed by atoms with Crippen LogP contribution in [0.25, 0.3) is 0 Å². The van der Waals surface area contributed by atoms with Crippen molar-refractivity contribution < 1.29 is 14.3 Å². The predicted molar refractivity (Wildman–Crippen MR) is 115 cm³/mol. The molecule has 29 heavy (non-hydrogen) atoms. The zero-order valence-corrected chi connectivity index (χ0v) is 16.8. The van der Waals surface area contributed by atoms with Crippen molar-refractivity contribution in [1.29, 1.82) is 0 Å². The van der Waals surface area contributed by atoms with Gasteiger partial charge in [0.1, 0.15) is 11.5 Å². The molecule has 5 nitrogen and oxygen atoms in total. The zero-order valence-electron chi connectivity index (χ0n) is 16.8. The van der Waals surface area contributed by atoms with Gasteiger partial charge in [0.15, 0.2) is 6.61 Å². The van der Waals surface area contributed by atoms with Gasteiger partial charge in [-0.15, -0.1) is 0 Å². The molecule has 0 saturated carbocycles. The van der Waals surface area contributed by atoms with Crippen LogP contribution in [0.15, 0.2) is 72.8 Å². The standard InChI is InChI=1S/C24H26N2O3/c1-18-3-9-21(10-4-18)26-24(27)17-29-23-13-7-20(8-14-23)16-25-15-19-5-11-22(28-2)12-6-19/h3-14,25H,15-17H2,1-2H3,(H,26,27). The fourth-order valence-corrected chi connectivity index (χ4v) is 2.78. The van der Waals surface area contributed by atoms with Gasteiger partial charge in [0.25, 0.3) is 5.91 Å². The molecular weight excluding hydrogens is 364 g/mol. The summed E-state index contributed by atoms with van der Waals surface area (Å²) in [7, 11) is 1.66. The summed E-state index contributed by atoms with van der Waals surface area (Å²) >= 11 is 0. The third-order valence-electron chi connectivity index (χ3n) is 4.45. The number of carbonyl (C=O) groups excluding carboxylic acids is 1. The average Bonchev–Trinajstić information content (AvgIpc) is 2.75. The van der Waals surface area contributed by atoms with Crippen molar-refractivity contribution in [1.82, 2.24) is 5.32 Å². The number of methoxy groups -OCH3 is 1. The van der Waals surface area contributed by atoms with Gasteiger partial charge in [-0.05, 0) is 54.4 Å². The van der Waals surface area contributed by atoms with Crippen LogP contribution in [0, 0.1) is 6.92 Å². The smallest absolute Gasteiger partial charge is 0.262 e. The van der Waals surface area contributed by atoms with Crippen LogP contribution in [0.1, 0.15) is 16.7 Å². The van der Waals surface area contributed by atoms with Gasteiger partial charge < -0.3 is 20.1 Å². The number of ether oxygens (including phenoxy) is 2. The highest BCUT2D eigenvalue weighted by Crippen LogP contribution is 2.14. The Kier molecular flexibility index (Phi) is 7.25. The van der Waals surface area contributed by atoms with E-state index in [0.717, 1.165) is 35.7 Å².